The Kier molecular flexibility index (Phi) is 7.86. The van der Waals surface area contributed by atoms with Gasteiger partial charge in [-0.2, -0.15) is 0 Å². The summed E-state index contributed by atoms with van der Waals surface area (Å²) in [6, 6.07) is 19.4. The predicted molar refractivity (Wildman–Crippen MR) is 154 cm³/mol. The molecule has 9 heteroatoms. The molecule has 5 heterocycles. The number of nitrogens with zero attached hydrogens (tertiary/aromatic N) is 3. The zero-order valence-electron chi connectivity index (χ0n) is 23.2. The number of ether oxygens (including phenoxy) is 3. The van der Waals surface area contributed by atoms with Gasteiger partial charge in [0, 0.05) is 31.3 Å². The van der Waals surface area contributed by atoms with Crippen LogP contribution in [0, 0.1) is 0 Å². The molecule has 1 N–H and O–H groups in total. The second kappa shape index (κ2) is 12.0. The smallest absolute Gasteiger partial charge is 0.270 e. The molecule has 3 aliphatic heterocycles. The van der Waals surface area contributed by atoms with Gasteiger partial charge in [-0.3, -0.25) is 9.59 Å². The summed E-state index contributed by atoms with van der Waals surface area (Å²) in [5, 5.41) is 0.898. The third-order valence-corrected chi connectivity index (χ3v) is 7.65. The van der Waals surface area contributed by atoms with E-state index in [9.17, 15) is 9.59 Å². The molecule has 2 amide bonds. The molecular weight excluding hydrogens is 520 g/mol. The van der Waals surface area contributed by atoms with Gasteiger partial charge in [0.1, 0.15) is 36.1 Å². The van der Waals surface area contributed by atoms with Crippen molar-refractivity contribution in [1.82, 2.24) is 19.8 Å². The van der Waals surface area contributed by atoms with Crippen LogP contribution in [-0.4, -0.2) is 77.6 Å². The largest absolute Gasteiger partial charge is 0.494 e. The number of H-pyrrole nitrogens is 1. The molecule has 0 saturated heterocycles. The number of hydrogen-bond acceptors (Lipinski definition) is 6. The highest BCUT2D eigenvalue weighted by Gasteiger charge is 2.32. The van der Waals surface area contributed by atoms with E-state index >= 15 is 0 Å². The van der Waals surface area contributed by atoms with Crippen molar-refractivity contribution in [1.29, 1.82) is 0 Å². The standard InChI is InChI=1S/C32H34N4O5/c1-2-39-21-29(37)36-14-11-22-18-26-9-10-27(22)30(36)23-6-3-8-25(19-23)40-16-5-13-35(15-17-41-26)32(38)28-20-24-7-4-12-33-31(24)34-28/h3-4,6-10,12,18-20,30H,2,5,11,13-17,21H2,1H3,(H,33,34). The quantitative estimate of drug-likeness (QED) is 0.402. The predicted octanol–water partition coefficient (Wildman–Crippen LogP) is 4.38. The summed E-state index contributed by atoms with van der Waals surface area (Å²) >= 11 is 0. The van der Waals surface area contributed by atoms with Gasteiger partial charge in [0.2, 0.25) is 5.91 Å². The molecule has 1 unspecified atom stereocenters. The van der Waals surface area contributed by atoms with E-state index in [1.807, 2.05) is 60.4 Å². The highest BCUT2D eigenvalue weighted by atomic mass is 16.5. The van der Waals surface area contributed by atoms with Crippen LogP contribution in [0.3, 0.4) is 0 Å². The van der Waals surface area contributed by atoms with Gasteiger partial charge in [0.15, 0.2) is 0 Å². The zero-order chi connectivity index (χ0) is 28.2. The average Bonchev–Trinajstić information content (AvgIpc) is 3.44. The molecule has 0 spiro atoms. The van der Waals surface area contributed by atoms with Gasteiger partial charge in [0.25, 0.3) is 5.91 Å². The molecule has 9 nitrogen and oxygen atoms in total. The van der Waals surface area contributed by atoms with Crippen LogP contribution in [-0.2, 0) is 16.0 Å². The Hall–Kier alpha value is -4.37. The molecule has 3 aliphatic rings. The van der Waals surface area contributed by atoms with Gasteiger partial charge < -0.3 is 29.0 Å². The fourth-order valence-electron chi connectivity index (χ4n) is 5.65. The van der Waals surface area contributed by atoms with Crippen LogP contribution in [0.4, 0.5) is 0 Å². The lowest BCUT2D eigenvalue weighted by Crippen LogP contribution is -2.42. The number of carbonyl (C=O) groups excluding carboxylic acids is 2. The molecular formula is C32H34N4O5. The van der Waals surface area contributed by atoms with Gasteiger partial charge in [-0.15, -0.1) is 0 Å². The Morgan fingerprint density at radius 2 is 1.88 bits per heavy atom. The van der Waals surface area contributed by atoms with Gasteiger partial charge in [-0.25, -0.2) is 4.98 Å². The molecule has 0 fully saturated rings. The summed E-state index contributed by atoms with van der Waals surface area (Å²) in [7, 11) is 0. The first kappa shape index (κ1) is 26.8. The second-order valence-electron chi connectivity index (χ2n) is 10.3. The topological polar surface area (TPSA) is 97.0 Å². The van der Waals surface area contributed by atoms with E-state index in [1.165, 1.54) is 0 Å². The minimum atomic E-state index is -0.240. The number of hydrogen-bond donors (Lipinski definition) is 1. The molecule has 7 rings (SSSR count). The Balaban J connectivity index is 1.28. The maximum atomic E-state index is 13.5. The number of rotatable bonds is 4. The van der Waals surface area contributed by atoms with Crippen LogP contribution in [0.5, 0.6) is 11.5 Å². The van der Waals surface area contributed by atoms with Gasteiger partial charge >= 0.3 is 0 Å². The third kappa shape index (κ3) is 5.76. The van der Waals surface area contributed by atoms with Crippen molar-refractivity contribution in [3.63, 3.8) is 0 Å². The van der Waals surface area contributed by atoms with Gasteiger partial charge in [-0.05, 0) is 78.9 Å². The summed E-state index contributed by atoms with van der Waals surface area (Å²) in [6.07, 6.45) is 3.07. The molecule has 2 aromatic heterocycles. The lowest BCUT2D eigenvalue weighted by atomic mass is 9.87. The lowest BCUT2D eigenvalue weighted by Gasteiger charge is -2.38. The summed E-state index contributed by atoms with van der Waals surface area (Å²) in [4.78, 5) is 37.8. The third-order valence-electron chi connectivity index (χ3n) is 7.65. The number of benzene rings is 2. The molecule has 0 aliphatic carbocycles. The molecule has 1 atom stereocenters. The van der Waals surface area contributed by atoms with Crippen molar-refractivity contribution in [2.75, 3.05) is 46.1 Å². The minimum Gasteiger partial charge on any atom is -0.494 e. The molecule has 2 aromatic carbocycles. The van der Waals surface area contributed by atoms with Crippen LogP contribution in [0.25, 0.3) is 11.0 Å². The summed E-state index contributed by atoms with van der Waals surface area (Å²) < 4.78 is 17.8. The Morgan fingerprint density at radius 3 is 2.76 bits per heavy atom. The van der Waals surface area contributed by atoms with E-state index in [-0.39, 0.29) is 24.5 Å². The highest BCUT2D eigenvalue weighted by molar-refractivity contribution is 5.97. The maximum absolute atomic E-state index is 13.5. The van der Waals surface area contributed by atoms with Crippen molar-refractivity contribution in [3.05, 3.63) is 89.2 Å². The number of pyridine rings is 1. The van der Waals surface area contributed by atoms with Crippen molar-refractivity contribution >= 4 is 22.8 Å². The molecule has 41 heavy (non-hydrogen) atoms. The van der Waals surface area contributed by atoms with E-state index < -0.39 is 0 Å². The molecule has 4 aromatic rings. The number of aromatic nitrogens is 2. The zero-order valence-corrected chi connectivity index (χ0v) is 23.2. The minimum absolute atomic E-state index is 0.0287. The van der Waals surface area contributed by atoms with Gasteiger partial charge in [-0.1, -0.05) is 18.2 Å². The van der Waals surface area contributed by atoms with Gasteiger partial charge in [0.05, 0.1) is 19.2 Å². The van der Waals surface area contributed by atoms with E-state index in [1.54, 1.807) is 11.1 Å². The van der Waals surface area contributed by atoms with Crippen molar-refractivity contribution in [2.24, 2.45) is 0 Å². The fourth-order valence-corrected chi connectivity index (χ4v) is 5.65. The molecule has 0 radical (unpaired) electrons. The summed E-state index contributed by atoms with van der Waals surface area (Å²) in [5.41, 5.74) is 4.39. The fraction of sp³-hybridized carbons (Fsp3) is 0.344. The van der Waals surface area contributed by atoms with Crippen molar-refractivity contribution in [2.45, 2.75) is 25.8 Å². The maximum Gasteiger partial charge on any atom is 0.270 e. The summed E-state index contributed by atoms with van der Waals surface area (Å²) in [5.74, 6) is 1.36. The number of nitrogens with one attached hydrogen (secondary N) is 1. The Bertz CT molecular complexity index is 1520. The average molecular weight is 555 g/mol. The van der Waals surface area contributed by atoms with Crippen LogP contribution < -0.4 is 9.47 Å². The second-order valence-corrected chi connectivity index (χ2v) is 10.3. The van der Waals surface area contributed by atoms with Crippen LogP contribution in [0.2, 0.25) is 0 Å². The Morgan fingerprint density at radius 1 is 1.00 bits per heavy atom. The monoisotopic (exact) mass is 554 g/mol. The first-order chi connectivity index (χ1) is 20.1. The van der Waals surface area contributed by atoms with E-state index in [0.717, 1.165) is 40.0 Å². The molecule has 0 saturated carbocycles. The van der Waals surface area contributed by atoms with E-state index in [0.29, 0.717) is 57.2 Å². The molecule has 212 valence electrons. The van der Waals surface area contributed by atoms with Crippen LogP contribution in [0.1, 0.15) is 46.6 Å². The number of amides is 2. The lowest BCUT2D eigenvalue weighted by molar-refractivity contribution is -0.138. The summed E-state index contributed by atoms with van der Waals surface area (Å²) in [6.45, 7) is 4.76. The Labute approximate surface area is 239 Å². The van der Waals surface area contributed by atoms with E-state index in [2.05, 4.69) is 22.1 Å². The van der Waals surface area contributed by atoms with Crippen LogP contribution in [0.15, 0.2) is 66.9 Å². The van der Waals surface area contributed by atoms with Crippen molar-refractivity contribution in [3.8, 4) is 11.5 Å². The highest BCUT2D eigenvalue weighted by Crippen LogP contribution is 2.38. The van der Waals surface area contributed by atoms with E-state index in [4.69, 9.17) is 14.2 Å². The van der Waals surface area contributed by atoms with Crippen LogP contribution >= 0.6 is 0 Å². The number of fused-ring (bicyclic) bond motifs is 9. The van der Waals surface area contributed by atoms with Crippen molar-refractivity contribution < 1.29 is 23.8 Å². The molecule has 6 bridgehead atoms. The first-order valence-electron chi connectivity index (χ1n) is 14.2. The number of aromatic amines is 1. The SMILES string of the molecule is CCOCC(=O)N1CCc2cc3ccc2C1c1cccc(c1)OCCCN(C(=O)c1cc2cccnc2[nH]1)CCO3. The first-order valence-corrected chi connectivity index (χ1v) is 14.2. The number of carbonyl (C=O) groups is 2. The normalized spacial score (nSPS) is 17.2.